The van der Waals surface area contributed by atoms with Gasteiger partial charge in [-0.05, 0) is 129 Å². The van der Waals surface area contributed by atoms with Crippen molar-refractivity contribution in [2.45, 2.75) is 26.7 Å². The smallest absolute Gasteiger partial charge is 0.0547 e. The Morgan fingerprint density at radius 3 is 1.58 bits per heavy atom. The van der Waals surface area contributed by atoms with E-state index in [1.54, 1.807) is 0 Å². The molecule has 0 N–H and O–H groups in total. The zero-order valence-electron chi connectivity index (χ0n) is 34.1. The van der Waals surface area contributed by atoms with Crippen LogP contribution in [0, 0.1) is 0 Å². The second-order valence-corrected chi connectivity index (χ2v) is 15.3. The number of fused-ring (bicyclic) bond motifs is 6. The van der Waals surface area contributed by atoms with Gasteiger partial charge in [0.2, 0.25) is 0 Å². The molecule has 2 heteroatoms. The van der Waals surface area contributed by atoms with Crippen molar-refractivity contribution in [3.63, 3.8) is 0 Å². The molecule has 0 spiro atoms. The average molecular weight is 771 g/mol. The number of allylic oxidation sites excluding steroid dienone is 1. The van der Waals surface area contributed by atoms with Gasteiger partial charge in [-0.1, -0.05) is 172 Å². The Hall–Kier alpha value is -7.42. The van der Waals surface area contributed by atoms with E-state index in [2.05, 4.69) is 228 Å². The molecule has 60 heavy (non-hydrogen) atoms. The molecule has 0 unspecified atom stereocenters. The number of hydrogen-bond donors (Lipinski definition) is 0. The van der Waals surface area contributed by atoms with Gasteiger partial charge in [0.25, 0.3) is 0 Å². The van der Waals surface area contributed by atoms with Gasteiger partial charge < -0.3 is 9.47 Å². The first-order valence-corrected chi connectivity index (χ1v) is 21.2. The van der Waals surface area contributed by atoms with E-state index < -0.39 is 0 Å². The van der Waals surface area contributed by atoms with Crippen LogP contribution in [-0.4, -0.2) is 4.57 Å². The van der Waals surface area contributed by atoms with Crippen molar-refractivity contribution < 1.29 is 0 Å². The molecule has 1 heterocycles. The van der Waals surface area contributed by atoms with Crippen LogP contribution >= 0.6 is 0 Å². The maximum atomic E-state index is 2.41. The highest BCUT2D eigenvalue weighted by molar-refractivity contribution is 6.21. The summed E-state index contributed by atoms with van der Waals surface area (Å²) in [6.45, 7) is 4.00. The van der Waals surface area contributed by atoms with E-state index in [-0.39, 0.29) is 0 Å². The van der Waals surface area contributed by atoms with Crippen LogP contribution in [0.1, 0.15) is 37.0 Å². The van der Waals surface area contributed by atoms with Crippen LogP contribution in [0.2, 0.25) is 0 Å². The third-order valence-electron chi connectivity index (χ3n) is 11.9. The standard InChI is InChI=1S/C56H40N2.C2H6/c1-2-10-39(11-3-1)41-18-20-42(21-19-41)43-24-29-48(30-25-43)57(49-31-26-44(27-32-49)47-23-22-40-12-4-5-14-46(40)38-47)50-33-35-51(36-34-50)58-54-17-9-8-16-53(54)56-52-15-7-6-13-45(52)28-37-55(56)58;1-2/h1-21,24-38H,22-23H2;1-2H3. The van der Waals surface area contributed by atoms with Crippen molar-refractivity contribution in [2.24, 2.45) is 0 Å². The minimum Gasteiger partial charge on any atom is -0.311 e. The van der Waals surface area contributed by atoms with Crippen LogP contribution < -0.4 is 4.90 Å². The lowest BCUT2D eigenvalue weighted by Crippen LogP contribution is -2.10. The molecule has 0 amide bonds. The Balaban J connectivity index is 0.00000213. The molecule has 9 aromatic carbocycles. The minimum atomic E-state index is 1.05. The highest BCUT2D eigenvalue weighted by atomic mass is 15.1. The SMILES string of the molecule is C1=C(c2ccc(N(c3ccc(-c4ccc(-c5ccccc5)cc4)cc3)c3ccc(-n4c5ccccc5c5c6ccccc6ccc54)cc3)cc2)CCc2ccccc21.CC. The molecular weight excluding hydrogens is 725 g/mol. The number of rotatable bonds is 7. The lowest BCUT2D eigenvalue weighted by Gasteiger charge is -2.26. The predicted molar refractivity (Wildman–Crippen MR) is 258 cm³/mol. The molecular formula is C58H46N2. The molecule has 0 saturated heterocycles. The van der Waals surface area contributed by atoms with E-state index in [1.165, 1.54) is 77.1 Å². The first-order valence-electron chi connectivity index (χ1n) is 21.2. The summed E-state index contributed by atoms with van der Waals surface area (Å²) in [5, 5.41) is 5.11. The second-order valence-electron chi connectivity index (χ2n) is 15.3. The lowest BCUT2D eigenvalue weighted by molar-refractivity contribution is 1.00. The van der Waals surface area contributed by atoms with Crippen LogP contribution in [0.25, 0.3) is 72.2 Å². The van der Waals surface area contributed by atoms with E-state index in [4.69, 9.17) is 0 Å². The summed E-state index contributed by atoms with van der Waals surface area (Å²) in [4.78, 5) is 2.37. The summed E-state index contributed by atoms with van der Waals surface area (Å²) in [5.74, 6) is 0. The third kappa shape index (κ3) is 6.76. The van der Waals surface area contributed by atoms with Crippen LogP contribution in [0.4, 0.5) is 17.1 Å². The average Bonchev–Trinajstić information content (AvgIpc) is 3.68. The predicted octanol–water partition coefficient (Wildman–Crippen LogP) is 16.3. The summed E-state index contributed by atoms with van der Waals surface area (Å²) in [6, 6.07) is 77.4. The molecule has 0 bridgehead atoms. The van der Waals surface area contributed by atoms with Crippen LogP contribution in [0.3, 0.4) is 0 Å². The van der Waals surface area contributed by atoms with Gasteiger partial charge in [0.05, 0.1) is 11.0 Å². The zero-order chi connectivity index (χ0) is 40.4. The van der Waals surface area contributed by atoms with Gasteiger partial charge in [0, 0.05) is 33.5 Å². The van der Waals surface area contributed by atoms with Crippen molar-refractivity contribution in [2.75, 3.05) is 4.90 Å². The molecule has 0 radical (unpaired) electrons. The number of benzene rings is 9. The fourth-order valence-corrected chi connectivity index (χ4v) is 8.99. The molecule has 11 rings (SSSR count). The van der Waals surface area contributed by atoms with Crippen LogP contribution in [0.15, 0.2) is 212 Å². The molecule has 0 atom stereocenters. The van der Waals surface area contributed by atoms with Crippen LogP contribution in [0.5, 0.6) is 0 Å². The molecule has 0 fully saturated rings. The van der Waals surface area contributed by atoms with Crippen molar-refractivity contribution >= 4 is 61.3 Å². The van der Waals surface area contributed by atoms with E-state index in [1.807, 2.05) is 13.8 Å². The fraction of sp³-hybridized carbons (Fsp3) is 0.0690. The summed E-state index contributed by atoms with van der Waals surface area (Å²) in [6.07, 6.45) is 4.49. The van der Waals surface area contributed by atoms with Gasteiger partial charge in [-0.15, -0.1) is 0 Å². The van der Waals surface area contributed by atoms with E-state index in [9.17, 15) is 0 Å². The molecule has 0 saturated carbocycles. The largest absolute Gasteiger partial charge is 0.311 e. The number of anilines is 3. The topological polar surface area (TPSA) is 8.17 Å². The monoisotopic (exact) mass is 770 g/mol. The Kier molecular flexibility index (Phi) is 9.89. The lowest BCUT2D eigenvalue weighted by atomic mass is 9.89. The summed E-state index contributed by atoms with van der Waals surface area (Å²) in [7, 11) is 0. The Morgan fingerprint density at radius 1 is 0.383 bits per heavy atom. The normalized spacial score (nSPS) is 12.1. The van der Waals surface area contributed by atoms with Gasteiger partial charge in [0.1, 0.15) is 0 Å². The Bertz CT molecular complexity index is 3120. The van der Waals surface area contributed by atoms with E-state index in [0.717, 1.165) is 35.6 Å². The van der Waals surface area contributed by atoms with Gasteiger partial charge in [-0.25, -0.2) is 0 Å². The van der Waals surface area contributed by atoms with Crippen LogP contribution in [-0.2, 0) is 6.42 Å². The Morgan fingerprint density at radius 2 is 0.900 bits per heavy atom. The quantitative estimate of drug-likeness (QED) is 0.157. The van der Waals surface area contributed by atoms with Gasteiger partial charge in [0.15, 0.2) is 0 Å². The minimum absolute atomic E-state index is 1.05. The molecule has 1 aromatic heterocycles. The van der Waals surface area contributed by atoms with Crippen molar-refractivity contribution in [1.82, 2.24) is 4.57 Å². The van der Waals surface area contributed by atoms with Crippen molar-refractivity contribution in [1.29, 1.82) is 0 Å². The van der Waals surface area contributed by atoms with Gasteiger partial charge in [-0.2, -0.15) is 0 Å². The summed E-state index contributed by atoms with van der Waals surface area (Å²) < 4.78 is 2.41. The number of para-hydroxylation sites is 1. The van der Waals surface area contributed by atoms with Gasteiger partial charge in [-0.3, -0.25) is 0 Å². The van der Waals surface area contributed by atoms with E-state index in [0.29, 0.717) is 0 Å². The highest BCUT2D eigenvalue weighted by Crippen LogP contribution is 2.40. The molecule has 1 aliphatic carbocycles. The summed E-state index contributed by atoms with van der Waals surface area (Å²) in [5.41, 5.74) is 17.2. The number of aromatic nitrogens is 1. The maximum Gasteiger partial charge on any atom is 0.0547 e. The number of hydrogen-bond acceptors (Lipinski definition) is 1. The molecule has 10 aromatic rings. The maximum absolute atomic E-state index is 2.41. The second kappa shape index (κ2) is 16.1. The molecule has 288 valence electrons. The van der Waals surface area contributed by atoms with Crippen molar-refractivity contribution in [3.8, 4) is 27.9 Å². The Labute approximate surface area is 352 Å². The molecule has 2 nitrogen and oxygen atoms in total. The number of nitrogens with zero attached hydrogens (tertiary/aromatic N) is 2. The fourth-order valence-electron chi connectivity index (χ4n) is 8.99. The van der Waals surface area contributed by atoms with Crippen molar-refractivity contribution in [3.05, 3.63) is 229 Å². The first kappa shape index (κ1) is 36.9. The van der Waals surface area contributed by atoms with E-state index >= 15 is 0 Å². The number of aryl methyl sites for hydroxylation is 1. The van der Waals surface area contributed by atoms with Gasteiger partial charge >= 0.3 is 0 Å². The highest BCUT2D eigenvalue weighted by Gasteiger charge is 2.18. The molecule has 1 aliphatic rings. The third-order valence-corrected chi connectivity index (χ3v) is 11.9. The first-order chi connectivity index (χ1) is 29.7. The summed E-state index contributed by atoms with van der Waals surface area (Å²) >= 11 is 0. The molecule has 0 aliphatic heterocycles. The zero-order valence-corrected chi connectivity index (χ0v) is 34.1.